The summed E-state index contributed by atoms with van der Waals surface area (Å²) in [5.74, 6) is 0. The van der Waals surface area contributed by atoms with Gasteiger partial charge in [0, 0.05) is 14.1 Å². The van der Waals surface area contributed by atoms with Gasteiger partial charge in [0.15, 0.2) is 0 Å². The SMILES string of the molecule is CN(C)S(=O)(=O)c1cccc(NS(=O)(=O)c2ccc(Cl)c(C(F)(F)F)c2)c1. The first-order chi connectivity index (χ1) is 12.2. The molecule has 27 heavy (non-hydrogen) atoms. The molecule has 0 heterocycles. The summed E-state index contributed by atoms with van der Waals surface area (Å²) in [6.07, 6.45) is -4.83. The van der Waals surface area contributed by atoms with Crippen molar-refractivity contribution < 1.29 is 30.0 Å². The van der Waals surface area contributed by atoms with Gasteiger partial charge in [0.1, 0.15) is 0 Å². The van der Waals surface area contributed by atoms with Crippen LogP contribution < -0.4 is 4.72 Å². The molecule has 0 aliphatic carbocycles. The molecule has 2 aromatic rings. The van der Waals surface area contributed by atoms with Crippen LogP contribution >= 0.6 is 11.6 Å². The number of anilines is 1. The van der Waals surface area contributed by atoms with Crippen molar-refractivity contribution in [2.45, 2.75) is 16.0 Å². The van der Waals surface area contributed by atoms with Crippen molar-refractivity contribution in [2.24, 2.45) is 0 Å². The van der Waals surface area contributed by atoms with Crippen LogP contribution in [-0.2, 0) is 26.2 Å². The van der Waals surface area contributed by atoms with Gasteiger partial charge in [-0.05, 0) is 36.4 Å². The van der Waals surface area contributed by atoms with E-state index in [1.54, 1.807) is 0 Å². The zero-order chi connectivity index (χ0) is 20.6. The van der Waals surface area contributed by atoms with Crippen molar-refractivity contribution in [3.8, 4) is 0 Å². The third-order valence-electron chi connectivity index (χ3n) is 3.42. The predicted molar refractivity (Wildman–Crippen MR) is 94.6 cm³/mol. The lowest BCUT2D eigenvalue weighted by molar-refractivity contribution is -0.137. The fraction of sp³-hybridized carbons (Fsp3) is 0.200. The summed E-state index contributed by atoms with van der Waals surface area (Å²) in [7, 11) is -5.62. The first-order valence-corrected chi connectivity index (χ1v) is 10.5. The normalized spacial score (nSPS) is 13.0. The molecule has 2 aromatic carbocycles. The molecule has 0 atom stereocenters. The van der Waals surface area contributed by atoms with Gasteiger partial charge in [-0.3, -0.25) is 4.72 Å². The highest BCUT2D eigenvalue weighted by Gasteiger charge is 2.34. The molecule has 0 amide bonds. The highest BCUT2D eigenvalue weighted by atomic mass is 35.5. The lowest BCUT2D eigenvalue weighted by atomic mass is 10.2. The van der Waals surface area contributed by atoms with E-state index in [0.29, 0.717) is 6.07 Å². The summed E-state index contributed by atoms with van der Waals surface area (Å²) >= 11 is 5.49. The van der Waals surface area contributed by atoms with Gasteiger partial charge in [-0.25, -0.2) is 21.1 Å². The maximum atomic E-state index is 12.9. The lowest BCUT2D eigenvalue weighted by Gasteiger charge is -2.14. The number of hydrogen-bond acceptors (Lipinski definition) is 4. The Bertz CT molecular complexity index is 1070. The molecule has 0 saturated carbocycles. The number of hydrogen-bond donors (Lipinski definition) is 1. The quantitative estimate of drug-likeness (QED) is 0.769. The molecule has 0 fully saturated rings. The third kappa shape index (κ3) is 4.72. The minimum atomic E-state index is -4.83. The molecular weight excluding hydrogens is 429 g/mol. The number of sulfonamides is 2. The van der Waals surface area contributed by atoms with Crippen LogP contribution in [0, 0.1) is 0 Å². The van der Waals surface area contributed by atoms with Crippen LogP contribution in [0.25, 0.3) is 0 Å². The van der Waals surface area contributed by atoms with Gasteiger partial charge in [-0.1, -0.05) is 17.7 Å². The topological polar surface area (TPSA) is 83.6 Å². The van der Waals surface area contributed by atoms with E-state index in [9.17, 15) is 30.0 Å². The van der Waals surface area contributed by atoms with Gasteiger partial charge < -0.3 is 0 Å². The third-order valence-corrected chi connectivity index (χ3v) is 6.94. The fourth-order valence-electron chi connectivity index (χ4n) is 2.03. The summed E-state index contributed by atoms with van der Waals surface area (Å²) in [6, 6.07) is 7.05. The van der Waals surface area contributed by atoms with E-state index >= 15 is 0 Å². The molecule has 12 heteroatoms. The fourth-order valence-corrected chi connectivity index (χ4v) is 4.28. The summed E-state index contributed by atoms with van der Waals surface area (Å²) in [6.45, 7) is 0. The molecule has 0 aliphatic rings. The van der Waals surface area contributed by atoms with Crippen molar-refractivity contribution in [3.05, 3.63) is 53.1 Å². The zero-order valence-electron chi connectivity index (χ0n) is 14.0. The number of nitrogens with one attached hydrogen (secondary N) is 1. The molecule has 0 unspecified atom stereocenters. The standard InChI is InChI=1S/C15H14ClF3N2O4S2/c1-21(2)27(24,25)12-5-3-4-10(8-12)20-26(22,23)11-6-7-14(16)13(9-11)15(17,18)19/h3-9,20H,1-2H3. The number of halogens is 4. The van der Waals surface area contributed by atoms with E-state index < -0.39 is 41.7 Å². The van der Waals surface area contributed by atoms with E-state index in [-0.39, 0.29) is 10.6 Å². The number of benzene rings is 2. The Morgan fingerprint density at radius 3 is 2.15 bits per heavy atom. The van der Waals surface area contributed by atoms with Crippen LogP contribution in [0.2, 0.25) is 5.02 Å². The van der Waals surface area contributed by atoms with Crippen molar-refractivity contribution >= 4 is 37.3 Å². The van der Waals surface area contributed by atoms with Gasteiger partial charge in [0.2, 0.25) is 10.0 Å². The Labute approximate surface area is 159 Å². The Kier molecular flexibility index (Phi) is 5.81. The van der Waals surface area contributed by atoms with Crippen LogP contribution in [0.4, 0.5) is 18.9 Å². The first-order valence-electron chi connectivity index (χ1n) is 7.17. The van der Waals surface area contributed by atoms with Crippen LogP contribution in [0.1, 0.15) is 5.56 Å². The molecule has 0 bridgehead atoms. The maximum absolute atomic E-state index is 12.9. The molecule has 0 spiro atoms. The molecular formula is C15H14ClF3N2O4S2. The van der Waals surface area contributed by atoms with Gasteiger partial charge in [0.05, 0.1) is 26.1 Å². The molecule has 0 aromatic heterocycles. The van der Waals surface area contributed by atoms with Crippen LogP contribution in [0.5, 0.6) is 0 Å². The largest absolute Gasteiger partial charge is 0.417 e. The second-order valence-corrected chi connectivity index (χ2v) is 9.80. The van der Waals surface area contributed by atoms with Gasteiger partial charge in [-0.2, -0.15) is 13.2 Å². The predicted octanol–water partition coefficient (Wildman–Crippen LogP) is 3.41. The summed E-state index contributed by atoms with van der Waals surface area (Å²) in [5.41, 5.74) is -1.42. The molecule has 0 saturated heterocycles. The highest BCUT2D eigenvalue weighted by Crippen LogP contribution is 2.36. The van der Waals surface area contributed by atoms with Crippen molar-refractivity contribution in [2.75, 3.05) is 18.8 Å². The second-order valence-electron chi connectivity index (χ2n) is 5.56. The number of rotatable bonds is 5. The second kappa shape index (κ2) is 7.30. The monoisotopic (exact) mass is 442 g/mol. The summed E-state index contributed by atoms with van der Waals surface area (Å²) in [5, 5.41) is -0.638. The average molecular weight is 443 g/mol. The smallest absolute Gasteiger partial charge is 0.280 e. The highest BCUT2D eigenvalue weighted by molar-refractivity contribution is 7.92. The van der Waals surface area contributed by atoms with Gasteiger partial charge in [0.25, 0.3) is 10.0 Å². The van der Waals surface area contributed by atoms with Crippen molar-refractivity contribution in [1.82, 2.24) is 4.31 Å². The number of nitrogens with zero attached hydrogens (tertiary/aromatic N) is 1. The van der Waals surface area contributed by atoms with Gasteiger partial charge in [-0.15, -0.1) is 0 Å². The number of alkyl halides is 3. The molecule has 148 valence electrons. The van der Waals surface area contributed by atoms with Gasteiger partial charge >= 0.3 is 6.18 Å². The maximum Gasteiger partial charge on any atom is 0.417 e. The molecule has 2 rings (SSSR count). The Balaban J connectivity index is 2.44. The Morgan fingerprint density at radius 1 is 0.963 bits per heavy atom. The van der Waals surface area contributed by atoms with Crippen LogP contribution in [0.3, 0.4) is 0 Å². The van der Waals surface area contributed by atoms with Crippen LogP contribution in [-0.4, -0.2) is 35.2 Å². The molecule has 0 aliphatic heterocycles. The van der Waals surface area contributed by atoms with Crippen molar-refractivity contribution in [1.29, 1.82) is 0 Å². The van der Waals surface area contributed by atoms with E-state index in [1.807, 2.05) is 0 Å². The van der Waals surface area contributed by atoms with Crippen LogP contribution in [0.15, 0.2) is 52.3 Å². The van der Waals surface area contributed by atoms with E-state index in [2.05, 4.69) is 4.72 Å². The lowest BCUT2D eigenvalue weighted by Crippen LogP contribution is -2.22. The zero-order valence-corrected chi connectivity index (χ0v) is 16.3. The molecule has 0 radical (unpaired) electrons. The minimum absolute atomic E-state index is 0.124. The van der Waals surface area contributed by atoms with E-state index in [1.165, 1.54) is 32.3 Å². The molecule has 6 nitrogen and oxygen atoms in total. The average Bonchev–Trinajstić information content (AvgIpc) is 2.53. The van der Waals surface area contributed by atoms with E-state index in [0.717, 1.165) is 22.5 Å². The molecule has 1 N–H and O–H groups in total. The first kappa shape index (κ1) is 21.5. The Morgan fingerprint density at radius 2 is 1.59 bits per heavy atom. The summed E-state index contributed by atoms with van der Waals surface area (Å²) < 4.78 is 90.9. The van der Waals surface area contributed by atoms with Crippen molar-refractivity contribution in [3.63, 3.8) is 0 Å². The Hall–Kier alpha value is -1.82. The summed E-state index contributed by atoms with van der Waals surface area (Å²) in [4.78, 5) is -0.847. The van der Waals surface area contributed by atoms with E-state index in [4.69, 9.17) is 11.6 Å². The minimum Gasteiger partial charge on any atom is -0.280 e.